The molecule has 2 fully saturated rings. The van der Waals surface area contributed by atoms with E-state index >= 15 is 0 Å². The van der Waals surface area contributed by atoms with Crippen LogP contribution in [0.25, 0.3) is 11.3 Å². The fourth-order valence-electron chi connectivity index (χ4n) is 5.24. The Morgan fingerprint density at radius 2 is 2.16 bits per heavy atom. The van der Waals surface area contributed by atoms with Crippen molar-refractivity contribution < 1.29 is 9.47 Å². The summed E-state index contributed by atoms with van der Waals surface area (Å²) in [6.45, 7) is 4.14. The lowest BCUT2D eigenvalue weighted by Crippen LogP contribution is -2.45. The number of nitrogens with one attached hydrogen (secondary N) is 2. The number of nitrogens with zero attached hydrogens (tertiary/aromatic N) is 3. The van der Waals surface area contributed by atoms with Gasteiger partial charge in [-0.15, -0.1) is 0 Å². The average Bonchev–Trinajstić information content (AvgIpc) is 3.44. The highest BCUT2D eigenvalue weighted by Crippen LogP contribution is 2.54. The highest BCUT2D eigenvalue weighted by atomic mass is 16.5. The zero-order valence-electron chi connectivity index (χ0n) is 18.0. The number of nitriles is 1. The van der Waals surface area contributed by atoms with Gasteiger partial charge in [-0.3, -0.25) is 4.90 Å². The van der Waals surface area contributed by atoms with Crippen molar-refractivity contribution in [3.8, 4) is 11.8 Å². The van der Waals surface area contributed by atoms with E-state index in [1.165, 1.54) is 12.0 Å². The molecule has 2 atom stereocenters. The average molecular weight is 428 g/mol. The normalized spacial score (nSPS) is 26.2. The molecule has 6 rings (SSSR count). The van der Waals surface area contributed by atoms with Gasteiger partial charge in [0.15, 0.2) is 0 Å². The number of aromatic amines is 1. The van der Waals surface area contributed by atoms with Crippen LogP contribution < -0.4 is 20.8 Å². The first kappa shape index (κ1) is 19.4. The molecule has 1 saturated carbocycles. The molecular formula is C25H25N5O2. The van der Waals surface area contributed by atoms with Gasteiger partial charge in [0.05, 0.1) is 37.7 Å². The number of allylic oxidation sites excluding steroid dienone is 2. The number of aromatic nitrogens is 1. The number of rotatable bonds is 4. The number of benzene rings is 1. The molecule has 32 heavy (non-hydrogen) atoms. The highest BCUT2D eigenvalue weighted by molar-refractivity contribution is 5.77. The fraction of sp³-hybridized carbons (Fsp3) is 0.360. The Labute approximate surface area is 186 Å². The van der Waals surface area contributed by atoms with Crippen LogP contribution in [0.1, 0.15) is 23.2 Å². The topological polar surface area (TPSA) is 85.7 Å². The summed E-state index contributed by atoms with van der Waals surface area (Å²) >= 11 is 0. The number of methoxy groups -OCH3 is 1. The second-order valence-electron chi connectivity index (χ2n) is 8.70. The molecule has 0 amide bonds. The van der Waals surface area contributed by atoms with E-state index in [0.717, 1.165) is 59.7 Å². The fourth-order valence-corrected chi connectivity index (χ4v) is 5.24. The summed E-state index contributed by atoms with van der Waals surface area (Å²) in [5.41, 5.74) is 5.71. The van der Waals surface area contributed by atoms with Crippen LogP contribution in [0.2, 0.25) is 0 Å². The van der Waals surface area contributed by atoms with Crippen molar-refractivity contribution in [2.75, 3.05) is 40.1 Å². The summed E-state index contributed by atoms with van der Waals surface area (Å²) in [6, 6.07) is 9.85. The maximum atomic E-state index is 9.37. The first-order valence-corrected chi connectivity index (χ1v) is 11.1. The molecule has 7 nitrogen and oxygen atoms in total. The molecule has 0 spiro atoms. The van der Waals surface area contributed by atoms with E-state index in [-0.39, 0.29) is 5.54 Å². The Hall–Kier alpha value is -3.34. The van der Waals surface area contributed by atoms with Crippen LogP contribution in [0.15, 0.2) is 47.5 Å². The minimum absolute atomic E-state index is 0.188. The molecule has 2 N–H and O–H groups in total. The summed E-state index contributed by atoms with van der Waals surface area (Å²) < 4.78 is 11.1. The zero-order valence-corrected chi connectivity index (χ0v) is 18.0. The van der Waals surface area contributed by atoms with E-state index in [9.17, 15) is 5.26 Å². The number of ether oxygens (including phenoxy) is 2. The van der Waals surface area contributed by atoms with E-state index in [0.29, 0.717) is 18.2 Å². The van der Waals surface area contributed by atoms with E-state index in [1.807, 2.05) is 12.1 Å². The number of H-pyrrole nitrogens is 1. The lowest BCUT2D eigenvalue weighted by Gasteiger charge is -2.34. The molecule has 162 valence electrons. The van der Waals surface area contributed by atoms with Crippen molar-refractivity contribution in [2.45, 2.75) is 12.0 Å². The van der Waals surface area contributed by atoms with Crippen molar-refractivity contribution in [3.63, 3.8) is 0 Å². The minimum atomic E-state index is 0.188. The number of fused-ring (bicyclic) bond motifs is 2. The molecule has 1 unspecified atom stereocenters. The van der Waals surface area contributed by atoms with Crippen molar-refractivity contribution in [1.82, 2.24) is 15.2 Å². The van der Waals surface area contributed by atoms with Crippen LogP contribution in [0, 0.1) is 17.2 Å². The van der Waals surface area contributed by atoms with Crippen LogP contribution >= 0.6 is 0 Å². The third kappa shape index (κ3) is 2.99. The molecule has 1 aromatic carbocycles. The maximum Gasteiger partial charge on any atom is 0.136 e. The summed E-state index contributed by atoms with van der Waals surface area (Å²) in [4.78, 5) is 10.7. The van der Waals surface area contributed by atoms with Crippen molar-refractivity contribution >= 4 is 11.3 Å². The van der Waals surface area contributed by atoms with E-state index in [4.69, 9.17) is 9.47 Å². The Morgan fingerprint density at radius 3 is 2.94 bits per heavy atom. The van der Waals surface area contributed by atoms with E-state index < -0.39 is 0 Å². The van der Waals surface area contributed by atoms with Gasteiger partial charge in [0.25, 0.3) is 0 Å². The molecule has 0 bridgehead atoms. The van der Waals surface area contributed by atoms with Crippen LogP contribution in [0.5, 0.6) is 5.75 Å². The molecule has 2 aliphatic carbocycles. The summed E-state index contributed by atoms with van der Waals surface area (Å²) in [5.74, 6) is 1.28. The van der Waals surface area contributed by atoms with Crippen LogP contribution in [-0.2, 0) is 4.74 Å². The van der Waals surface area contributed by atoms with Gasteiger partial charge in [0, 0.05) is 41.0 Å². The molecule has 7 heteroatoms. The Morgan fingerprint density at radius 1 is 1.28 bits per heavy atom. The number of hydrogen-bond acceptors (Lipinski definition) is 6. The Bertz CT molecular complexity index is 1310. The van der Waals surface area contributed by atoms with Crippen molar-refractivity contribution in [3.05, 3.63) is 70.0 Å². The van der Waals surface area contributed by atoms with Crippen LogP contribution in [-0.4, -0.2) is 55.5 Å². The van der Waals surface area contributed by atoms with Crippen LogP contribution in [0.3, 0.4) is 0 Å². The van der Waals surface area contributed by atoms with Gasteiger partial charge in [-0.2, -0.15) is 5.26 Å². The molecule has 1 aromatic heterocycles. The van der Waals surface area contributed by atoms with Crippen molar-refractivity contribution in [1.29, 1.82) is 5.26 Å². The van der Waals surface area contributed by atoms with Gasteiger partial charge < -0.3 is 19.8 Å². The summed E-state index contributed by atoms with van der Waals surface area (Å²) in [6.07, 6.45) is 8.21. The molecule has 1 saturated heterocycles. The van der Waals surface area contributed by atoms with Gasteiger partial charge in [-0.25, -0.2) is 4.99 Å². The maximum absolute atomic E-state index is 9.37. The lowest BCUT2D eigenvalue weighted by molar-refractivity contribution is 0.0178. The van der Waals surface area contributed by atoms with E-state index in [1.54, 1.807) is 13.2 Å². The van der Waals surface area contributed by atoms with Crippen molar-refractivity contribution in [2.24, 2.45) is 10.9 Å². The highest BCUT2D eigenvalue weighted by Gasteiger charge is 2.56. The first-order valence-electron chi connectivity index (χ1n) is 11.1. The standard InChI is InChI=1S/C25H25N5O2/c1-31-22-3-2-16(14-26)10-19(22)23-20-12-21(29-24(20)28-15-27-23)17-4-5-25(13-18(25)11-17)30-6-8-32-9-7-30/h2-5,10-12,18,27H,6-9,13,15H2,1H3,(H,28,29)/t18-,25?/m0/s1. The number of morpholine rings is 1. The van der Waals surface area contributed by atoms with Gasteiger partial charge in [0.2, 0.25) is 0 Å². The van der Waals surface area contributed by atoms with Gasteiger partial charge in [0.1, 0.15) is 17.9 Å². The Balaban J connectivity index is 1.38. The lowest BCUT2D eigenvalue weighted by atomic mass is 9.99. The van der Waals surface area contributed by atoms with Crippen LogP contribution in [0.4, 0.5) is 0 Å². The minimum Gasteiger partial charge on any atom is -0.496 e. The largest absolute Gasteiger partial charge is 0.496 e. The second-order valence-corrected chi connectivity index (χ2v) is 8.70. The Kier molecular flexibility index (Phi) is 4.46. The van der Waals surface area contributed by atoms with Gasteiger partial charge in [-0.05, 0) is 36.3 Å². The molecule has 4 aliphatic rings. The number of hydrogen-bond donors (Lipinski definition) is 2. The quantitative estimate of drug-likeness (QED) is 0.768. The smallest absolute Gasteiger partial charge is 0.136 e. The first-order chi connectivity index (χ1) is 15.7. The second kappa shape index (κ2) is 7.37. The zero-order chi connectivity index (χ0) is 21.7. The van der Waals surface area contributed by atoms with Gasteiger partial charge >= 0.3 is 0 Å². The molecule has 2 aliphatic heterocycles. The molecular weight excluding hydrogens is 402 g/mol. The third-order valence-corrected chi connectivity index (χ3v) is 7.03. The molecule has 0 radical (unpaired) electrons. The monoisotopic (exact) mass is 427 g/mol. The summed E-state index contributed by atoms with van der Waals surface area (Å²) in [7, 11) is 1.65. The molecule has 2 aromatic rings. The molecule has 3 heterocycles. The predicted octanol–water partition coefficient (Wildman–Crippen LogP) is 1.28. The summed E-state index contributed by atoms with van der Waals surface area (Å²) in [5, 5.41) is 13.7. The van der Waals surface area contributed by atoms with E-state index in [2.05, 4.69) is 50.6 Å². The third-order valence-electron chi connectivity index (χ3n) is 7.03. The van der Waals surface area contributed by atoms with Gasteiger partial charge in [-0.1, -0.05) is 18.2 Å². The SMILES string of the molecule is COc1ccc(C#N)cc1C1=c2cc(C3=C[C@H]4CC4(N4CCOCC4)C=C3)[nH]c2=NCN1. The predicted molar refractivity (Wildman–Crippen MR) is 120 cm³/mol.